The fraction of sp³-hybridized carbons (Fsp3) is 0.667. The minimum Gasteiger partial charge on any atom is -0.383 e. The van der Waals surface area contributed by atoms with E-state index in [4.69, 9.17) is 9.47 Å². The standard InChI is InChI=1S/C18H29N5O2/c1-13-17(14(2)22(3)21-13)18-16(5-7-25-18)11-19-9-15-10-20-23(12-15)6-8-24-4/h10,12,16,18-19H,5-9,11H2,1-4H3/t16-,18+/m1/s1. The molecule has 3 heterocycles. The minimum absolute atomic E-state index is 0.144. The highest BCUT2D eigenvalue weighted by Gasteiger charge is 2.33. The van der Waals surface area contributed by atoms with E-state index >= 15 is 0 Å². The van der Waals surface area contributed by atoms with Crippen molar-refractivity contribution in [2.24, 2.45) is 13.0 Å². The number of hydrogen-bond acceptors (Lipinski definition) is 5. The first kappa shape index (κ1) is 18.1. The molecule has 0 unspecified atom stereocenters. The molecule has 0 saturated carbocycles. The Morgan fingerprint density at radius 3 is 2.96 bits per heavy atom. The predicted octanol–water partition coefficient (Wildman–Crippen LogP) is 1.75. The van der Waals surface area contributed by atoms with Gasteiger partial charge >= 0.3 is 0 Å². The lowest BCUT2D eigenvalue weighted by Crippen LogP contribution is -2.25. The summed E-state index contributed by atoms with van der Waals surface area (Å²) in [5, 5.41) is 12.5. The number of methoxy groups -OCH3 is 1. The zero-order valence-corrected chi connectivity index (χ0v) is 15.7. The lowest BCUT2D eigenvalue weighted by Gasteiger charge is -2.19. The highest BCUT2D eigenvalue weighted by molar-refractivity contribution is 5.28. The molecule has 1 N–H and O–H groups in total. The average Bonchev–Trinajstić information content (AvgIpc) is 3.28. The van der Waals surface area contributed by atoms with Gasteiger partial charge in [0.15, 0.2) is 0 Å². The summed E-state index contributed by atoms with van der Waals surface area (Å²) in [4.78, 5) is 0. The van der Waals surface area contributed by atoms with E-state index in [9.17, 15) is 0 Å². The van der Waals surface area contributed by atoms with Crippen LogP contribution in [0.25, 0.3) is 0 Å². The maximum atomic E-state index is 6.05. The van der Waals surface area contributed by atoms with Crippen LogP contribution in [0.5, 0.6) is 0 Å². The smallest absolute Gasteiger partial charge is 0.0901 e. The molecule has 0 radical (unpaired) electrons. The van der Waals surface area contributed by atoms with Crippen molar-refractivity contribution in [3.63, 3.8) is 0 Å². The van der Waals surface area contributed by atoms with Crippen LogP contribution < -0.4 is 5.32 Å². The van der Waals surface area contributed by atoms with E-state index in [1.54, 1.807) is 7.11 Å². The predicted molar refractivity (Wildman–Crippen MR) is 95.3 cm³/mol. The second-order valence-corrected chi connectivity index (χ2v) is 6.78. The van der Waals surface area contributed by atoms with Crippen molar-refractivity contribution in [1.82, 2.24) is 24.9 Å². The van der Waals surface area contributed by atoms with Gasteiger partial charge in [0, 0.05) is 62.8 Å². The number of aromatic nitrogens is 4. The van der Waals surface area contributed by atoms with Gasteiger partial charge < -0.3 is 14.8 Å². The van der Waals surface area contributed by atoms with Gasteiger partial charge in [-0.1, -0.05) is 0 Å². The fourth-order valence-electron chi connectivity index (χ4n) is 3.57. The Morgan fingerprint density at radius 1 is 1.40 bits per heavy atom. The number of nitrogens with one attached hydrogen (secondary N) is 1. The third kappa shape index (κ3) is 4.11. The first-order valence-electron chi connectivity index (χ1n) is 8.92. The Morgan fingerprint density at radius 2 is 2.24 bits per heavy atom. The van der Waals surface area contributed by atoms with Crippen LogP contribution in [0.2, 0.25) is 0 Å². The van der Waals surface area contributed by atoms with Gasteiger partial charge in [-0.25, -0.2) is 0 Å². The molecular formula is C18H29N5O2. The summed E-state index contributed by atoms with van der Waals surface area (Å²) >= 11 is 0. The van der Waals surface area contributed by atoms with Crippen molar-refractivity contribution >= 4 is 0 Å². The molecule has 0 amide bonds. The van der Waals surface area contributed by atoms with E-state index in [2.05, 4.69) is 35.6 Å². The van der Waals surface area contributed by atoms with Crippen LogP contribution in [0.4, 0.5) is 0 Å². The zero-order chi connectivity index (χ0) is 17.8. The largest absolute Gasteiger partial charge is 0.383 e. The molecule has 2 aromatic heterocycles. The molecule has 0 bridgehead atoms. The zero-order valence-electron chi connectivity index (χ0n) is 15.7. The van der Waals surface area contributed by atoms with Crippen molar-refractivity contribution in [3.8, 4) is 0 Å². The van der Waals surface area contributed by atoms with Crippen LogP contribution in [0.1, 0.15) is 35.0 Å². The van der Waals surface area contributed by atoms with Gasteiger partial charge in [0.1, 0.15) is 0 Å². The number of hydrogen-bond donors (Lipinski definition) is 1. The van der Waals surface area contributed by atoms with Gasteiger partial charge in [-0.2, -0.15) is 10.2 Å². The average molecular weight is 347 g/mol. The fourth-order valence-corrected chi connectivity index (χ4v) is 3.57. The monoisotopic (exact) mass is 347 g/mol. The molecule has 1 aliphatic heterocycles. The van der Waals surface area contributed by atoms with E-state index in [0.29, 0.717) is 12.5 Å². The van der Waals surface area contributed by atoms with Crippen LogP contribution >= 0.6 is 0 Å². The van der Waals surface area contributed by atoms with E-state index in [1.807, 2.05) is 22.6 Å². The van der Waals surface area contributed by atoms with Gasteiger partial charge in [-0.3, -0.25) is 9.36 Å². The molecular weight excluding hydrogens is 318 g/mol. The number of rotatable bonds is 8. The molecule has 2 aromatic rings. The quantitative estimate of drug-likeness (QED) is 0.788. The van der Waals surface area contributed by atoms with Crippen LogP contribution in [0, 0.1) is 19.8 Å². The summed E-state index contributed by atoms with van der Waals surface area (Å²) in [5.41, 5.74) is 4.74. The van der Waals surface area contributed by atoms with E-state index in [-0.39, 0.29) is 6.10 Å². The second kappa shape index (κ2) is 8.12. The highest BCUT2D eigenvalue weighted by atomic mass is 16.5. The maximum absolute atomic E-state index is 6.05. The molecule has 0 aromatic carbocycles. The number of aryl methyl sites for hydroxylation is 2. The molecule has 0 aliphatic carbocycles. The van der Waals surface area contributed by atoms with Crippen LogP contribution in [0.15, 0.2) is 12.4 Å². The summed E-state index contributed by atoms with van der Waals surface area (Å²) in [5.74, 6) is 0.477. The SMILES string of the molecule is COCCn1cc(CNC[C@H]2CCO[C@@H]2c2c(C)nn(C)c2C)cn1. The van der Waals surface area contributed by atoms with E-state index in [1.165, 1.54) is 16.8 Å². The Bertz CT molecular complexity index is 694. The molecule has 2 atom stereocenters. The van der Waals surface area contributed by atoms with Gasteiger partial charge in [0.05, 0.1) is 31.1 Å². The first-order valence-corrected chi connectivity index (χ1v) is 8.92. The van der Waals surface area contributed by atoms with Crippen LogP contribution in [0.3, 0.4) is 0 Å². The molecule has 1 fully saturated rings. The number of nitrogens with zero attached hydrogens (tertiary/aromatic N) is 4. The Labute approximate surface area is 149 Å². The molecule has 25 heavy (non-hydrogen) atoms. The van der Waals surface area contributed by atoms with Crippen molar-refractivity contribution < 1.29 is 9.47 Å². The second-order valence-electron chi connectivity index (χ2n) is 6.78. The molecule has 7 heteroatoms. The van der Waals surface area contributed by atoms with Gasteiger partial charge in [-0.05, 0) is 20.3 Å². The molecule has 0 spiro atoms. The lowest BCUT2D eigenvalue weighted by molar-refractivity contribution is 0.0893. The highest BCUT2D eigenvalue weighted by Crippen LogP contribution is 2.37. The van der Waals surface area contributed by atoms with Gasteiger partial charge in [0.25, 0.3) is 0 Å². The molecule has 1 aliphatic rings. The summed E-state index contributed by atoms with van der Waals surface area (Å²) in [6.45, 7) is 8.23. The third-order valence-corrected chi connectivity index (χ3v) is 5.01. The molecule has 1 saturated heterocycles. The molecule has 7 nitrogen and oxygen atoms in total. The topological polar surface area (TPSA) is 66.1 Å². The van der Waals surface area contributed by atoms with Gasteiger partial charge in [0.2, 0.25) is 0 Å². The summed E-state index contributed by atoms with van der Waals surface area (Å²) in [6.07, 6.45) is 5.22. The van der Waals surface area contributed by atoms with Crippen LogP contribution in [-0.2, 0) is 29.6 Å². The van der Waals surface area contributed by atoms with Crippen molar-refractivity contribution in [2.75, 3.05) is 26.9 Å². The van der Waals surface area contributed by atoms with Crippen molar-refractivity contribution in [2.45, 2.75) is 39.5 Å². The van der Waals surface area contributed by atoms with Crippen LogP contribution in [-0.4, -0.2) is 46.4 Å². The Hall–Kier alpha value is -1.70. The minimum atomic E-state index is 0.144. The Balaban J connectivity index is 1.54. The van der Waals surface area contributed by atoms with Crippen molar-refractivity contribution in [3.05, 3.63) is 34.9 Å². The van der Waals surface area contributed by atoms with Crippen molar-refractivity contribution in [1.29, 1.82) is 0 Å². The van der Waals surface area contributed by atoms with Gasteiger partial charge in [-0.15, -0.1) is 0 Å². The molecule has 3 rings (SSSR count). The number of ether oxygens (including phenoxy) is 2. The summed E-state index contributed by atoms with van der Waals surface area (Å²) in [7, 11) is 3.70. The lowest BCUT2D eigenvalue weighted by atomic mass is 9.94. The third-order valence-electron chi connectivity index (χ3n) is 5.01. The maximum Gasteiger partial charge on any atom is 0.0901 e. The molecule has 138 valence electrons. The van der Waals surface area contributed by atoms with E-state index < -0.39 is 0 Å². The van der Waals surface area contributed by atoms with E-state index in [0.717, 1.165) is 38.4 Å². The Kier molecular flexibility index (Phi) is 5.88. The summed E-state index contributed by atoms with van der Waals surface area (Å²) < 4.78 is 15.0. The summed E-state index contributed by atoms with van der Waals surface area (Å²) in [6, 6.07) is 0. The normalized spacial score (nSPS) is 20.5. The first-order chi connectivity index (χ1) is 12.1.